The van der Waals surface area contributed by atoms with Crippen LogP contribution in [0, 0.1) is 10.1 Å². The Bertz CT molecular complexity index is 857. The largest absolute Gasteiger partial charge is 0.456 e. The summed E-state index contributed by atoms with van der Waals surface area (Å²) >= 11 is 11.7. The lowest BCUT2D eigenvalue weighted by Crippen LogP contribution is -2.31. The number of hydrogen-bond acceptors (Lipinski definition) is 5. The number of hydrogen-bond donors (Lipinski definition) is 1. The minimum absolute atomic E-state index is 0.00746. The number of carbonyl (C=O) groups is 2. The highest BCUT2D eigenvalue weighted by Gasteiger charge is 2.18. The molecule has 7 nitrogen and oxygen atoms in total. The molecule has 2 rings (SSSR count). The molecular weight excluding hydrogens is 383 g/mol. The second kappa shape index (κ2) is 8.64. The lowest BCUT2D eigenvalue weighted by molar-refractivity contribution is -0.384. The Morgan fingerprint density at radius 2 is 1.88 bits per heavy atom. The van der Waals surface area contributed by atoms with Gasteiger partial charge in [0.25, 0.3) is 11.6 Å². The summed E-state index contributed by atoms with van der Waals surface area (Å²) in [6.07, 6.45) is -0.593. The number of carbonyl (C=O) groups excluding carboxylic acids is 2. The molecule has 0 saturated carbocycles. The highest BCUT2D eigenvalue weighted by Crippen LogP contribution is 2.26. The summed E-state index contributed by atoms with van der Waals surface area (Å²) in [5.41, 5.74) is 0.254. The molecule has 26 heavy (non-hydrogen) atoms. The third-order valence-corrected chi connectivity index (χ3v) is 4.11. The molecule has 0 heterocycles. The maximum atomic E-state index is 12.0. The molecule has 1 amide bonds. The van der Waals surface area contributed by atoms with Gasteiger partial charge in [-0.1, -0.05) is 41.4 Å². The zero-order valence-corrected chi connectivity index (χ0v) is 15.1. The van der Waals surface area contributed by atoms with E-state index in [-0.39, 0.29) is 10.6 Å². The molecule has 0 saturated heterocycles. The topological polar surface area (TPSA) is 98.5 Å². The number of esters is 1. The third-order valence-electron chi connectivity index (χ3n) is 3.45. The SMILES string of the molecule is C[C@H](OC(=O)CNC(=O)c1ccc(Cl)c([N+](=O)[O-])c1)c1ccccc1Cl. The van der Waals surface area contributed by atoms with Crippen molar-refractivity contribution in [2.24, 2.45) is 0 Å². The van der Waals surface area contributed by atoms with Crippen LogP contribution in [0.2, 0.25) is 10.0 Å². The Balaban J connectivity index is 1.95. The van der Waals surface area contributed by atoms with Gasteiger partial charge in [0.2, 0.25) is 0 Å². The fourth-order valence-electron chi connectivity index (χ4n) is 2.16. The Hall–Kier alpha value is -2.64. The molecule has 0 unspecified atom stereocenters. The molecule has 9 heteroatoms. The summed E-state index contributed by atoms with van der Waals surface area (Å²) in [5, 5.41) is 13.6. The zero-order chi connectivity index (χ0) is 19.3. The minimum atomic E-state index is -0.696. The predicted molar refractivity (Wildman–Crippen MR) is 96.4 cm³/mol. The van der Waals surface area contributed by atoms with Gasteiger partial charge in [-0.05, 0) is 25.1 Å². The van der Waals surface area contributed by atoms with E-state index in [1.54, 1.807) is 31.2 Å². The highest BCUT2D eigenvalue weighted by molar-refractivity contribution is 6.32. The van der Waals surface area contributed by atoms with Crippen LogP contribution in [-0.4, -0.2) is 23.3 Å². The third kappa shape index (κ3) is 4.93. The molecule has 0 aliphatic rings. The summed E-state index contributed by atoms with van der Waals surface area (Å²) in [6, 6.07) is 10.5. The van der Waals surface area contributed by atoms with Gasteiger partial charge >= 0.3 is 5.97 Å². The number of ether oxygens (including phenoxy) is 1. The number of halogens is 2. The molecule has 0 fully saturated rings. The van der Waals surface area contributed by atoms with Gasteiger partial charge in [-0.25, -0.2) is 0 Å². The predicted octanol–water partition coefficient (Wildman–Crippen LogP) is 3.94. The van der Waals surface area contributed by atoms with Crippen LogP contribution in [0.15, 0.2) is 42.5 Å². The number of nitrogens with zero attached hydrogens (tertiary/aromatic N) is 1. The van der Waals surface area contributed by atoms with Gasteiger partial charge in [0.05, 0.1) is 4.92 Å². The van der Waals surface area contributed by atoms with Crippen LogP contribution in [0.3, 0.4) is 0 Å². The maximum absolute atomic E-state index is 12.0. The Labute approximate surface area is 159 Å². The Morgan fingerprint density at radius 1 is 1.19 bits per heavy atom. The minimum Gasteiger partial charge on any atom is -0.456 e. The number of nitrogens with one attached hydrogen (secondary N) is 1. The normalized spacial score (nSPS) is 11.5. The molecule has 1 atom stereocenters. The summed E-state index contributed by atoms with van der Waals surface area (Å²) in [7, 11) is 0. The van der Waals surface area contributed by atoms with Crippen molar-refractivity contribution in [1.82, 2.24) is 5.32 Å². The van der Waals surface area contributed by atoms with E-state index in [9.17, 15) is 19.7 Å². The first kappa shape index (κ1) is 19.7. The van der Waals surface area contributed by atoms with Crippen LogP contribution < -0.4 is 5.32 Å². The number of benzene rings is 2. The fraction of sp³-hybridized carbons (Fsp3) is 0.176. The van der Waals surface area contributed by atoms with Gasteiger partial charge in [-0.15, -0.1) is 0 Å². The van der Waals surface area contributed by atoms with Crippen LogP contribution in [0.5, 0.6) is 0 Å². The van der Waals surface area contributed by atoms with E-state index in [0.29, 0.717) is 10.6 Å². The second-order valence-corrected chi connectivity index (χ2v) is 6.07. The monoisotopic (exact) mass is 396 g/mol. The molecule has 2 aromatic carbocycles. The fourth-order valence-corrected chi connectivity index (χ4v) is 2.63. The van der Waals surface area contributed by atoms with E-state index < -0.39 is 35.1 Å². The summed E-state index contributed by atoms with van der Waals surface area (Å²) in [6.45, 7) is 1.26. The van der Waals surface area contributed by atoms with Crippen molar-refractivity contribution >= 4 is 40.8 Å². The standard InChI is InChI=1S/C17H14Cl2N2O5/c1-10(12-4-2-3-5-13(12)18)26-16(22)9-20-17(23)11-6-7-14(19)15(8-11)21(24)25/h2-8,10H,9H2,1H3,(H,20,23)/t10-/m0/s1. The molecular formula is C17H14Cl2N2O5. The van der Waals surface area contributed by atoms with Crippen LogP contribution in [0.4, 0.5) is 5.69 Å². The van der Waals surface area contributed by atoms with Crippen molar-refractivity contribution < 1.29 is 19.2 Å². The van der Waals surface area contributed by atoms with E-state index in [1.807, 2.05) is 0 Å². The first-order chi connectivity index (χ1) is 12.3. The van der Waals surface area contributed by atoms with Gasteiger partial charge in [0.15, 0.2) is 0 Å². The summed E-state index contributed by atoms with van der Waals surface area (Å²) in [5.74, 6) is -1.33. The average Bonchev–Trinajstić information content (AvgIpc) is 2.60. The van der Waals surface area contributed by atoms with Gasteiger partial charge in [-0.3, -0.25) is 19.7 Å². The first-order valence-corrected chi connectivity index (χ1v) is 8.21. The molecule has 0 aliphatic carbocycles. The molecule has 0 aromatic heterocycles. The Morgan fingerprint density at radius 3 is 2.54 bits per heavy atom. The Kier molecular flexibility index (Phi) is 6.54. The van der Waals surface area contributed by atoms with Gasteiger partial charge < -0.3 is 10.1 Å². The molecule has 1 N–H and O–H groups in total. The van der Waals surface area contributed by atoms with Crippen molar-refractivity contribution in [3.63, 3.8) is 0 Å². The second-order valence-electron chi connectivity index (χ2n) is 5.26. The van der Waals surface area contributed by atoms with E-state index in [4.69, 9.17) is 27.9 Å². The summed E-state index contributed by atoms with van der Waals surface area (Å²) in [4.78, 5) is 34.1. The van der Waals surface area contributed by atoms with E-state index in [1.165, 1.54) is 12.1 Å². The average molecular weight is 397 g/mol. The van der Waals surface area contributed by atoms with Crippen LogP contribution in [0.1, 0.15) is 28.9 Å². The van der Waals surface area contributed by atoms with E-state index in [0.717, 1.165) is 6.07 Å². The lowest BCUT2D eigenvalue weighted by atomic mass is 10.1. The molecule has 0 radical (unpaired) electrons. The van der Waals surface area contributed by atoms with Crippen molar-refractivity contribution in [3.05, 3.63) is 73.8 Å². The lowest BCUT2D eigenvalue weighted by Gasteiger charge is -2.15. The highest BCUT2D eigenvalue weighted by atomic mass is 35.5. The van der Waals surface area contributed by atoms with E-state index in [2.05, 4.69) is 5.32 Å². The van der Waals surface area contributed by atoms with Gasteiger partial charge in [-0.2, -0.15) is 0 Å². The zero-order valence-electron chi connectivity index (χ0n) is 13.6. The van der Waals surface area contributed by atoms with Crippen molar-refractivity contribution in [3.8, 4) is 0 Å². The molecule has 136 valence electrons. The van der Waals surface area contributed by atoms with Gasteiger partial charge in [0.1, 0.15) is 17.7 Å². The quantitative estimate of drug-likeness (QED) is 0.452. The molecule has 2 aromatic rings. The van der Waals surface area contributed by atoms with Crippen molar-refractivity contribution in [2.45, 2.75) is 13.0 Å². The van der Waals surface area contributed by atoms with Crippen molar-refractivity contribution in [2.75, 3.05) is 6.54 Å². The number of amides is 1. The molecule has 0 bridgehead atoms. The first-order valence-electron chi connectivity index (χ1n) is 7.45. The number of rotatable bonds is 6. The maximum Gasteiger partial charge on any atom is 0.326 e. The molecule has 0 spiro atoms. The molecule has 0 aliphatic heterocycles. The van der Waals surface area contributed by atoms with Crippen LogP contribution in [-0.2, 0) is 9.53 Å². The number of nitro groups is 1. The summed E-state index contributed by atoms with van der Waals surface area (Å²) < 4.78 is 5.22. The van der Waals surface area contributed by atoms with E-state index >= 15 is 0 Å². The smallest absolute Gasteiger partial charge is 0.326 e. The number of nitro benzene ring substituents is 1. The van der Waals surface area contributed by atoms with Crippen molar-refractivity contribution in [1.29, 1.82) is 0 Å². The van der Waals surface area contributed by atoms with Crippen LogP contribution >= 0.6 is 23.2 Å². The van der Waals surface area contributed by atoms with Crippen LogP contribution in [0.25, 0.3) is 0 Å². The van der Waals surface area contributed by atoms with Gasteiger partial charge in [0, 0.05) is 22.2 Å².